The molecule has 0 aliphatic heterocycles. The van der Waals surface area contributed by atoms with Crippen molar-refractivity contribution in [2.45, 2.75) is 13.0 Å². The lowest BCUT2D eigenvalue weighted by Crippen LogP contribution is -2.30. The van der Waals surface area contributed by atoms with Gasteiger partial charge in [-0.25, -0.2) is 0 Å². The van der Waals surface area contributed by atoms with Crippen LogP contribution in [-0.4, -0.2) is 20.6 Å². The monoisotopic (exact) mass is 258 g/mol. The van der Waals surface area contributed by atoms with Crippen molar-refractivity contribution in [1.29, 1.82) is 0 Å². The van der Waals surface area contributed by atoms with Crippen molar-refractivity contribution in [2.24, 2.45) is 10.9 Å². The summed E-state index contributed by atoms with van der Waals surface area (Å²) in [6.45, 7) is 0.523. The Labute approximate surface area is 109 Å². The molecule has 6 nitrogen and oxygen atoms in total. The van der Waals surface area contributed by atoms with Gasteiger partial charge in [-0.05, 0) is 36.2 Å². The Bertz CT molecular complexity index is 635. The average Bonchev–Trinajstić information content (AvgIpc) is 2.46. The van der Waals surface area contributed by atoms with Gasteiger partial charge in [-0.1, -0.05) is 5.16 Å². The van der Waals surface area contributed by atoms with Crippen molar-refractivity contribution in [1.82, 2.24) is 9.55 Å². The number of amidine groups is 1. The molecule has 0 aromatic carbocycles. The lowest BCUT2D eigenvalue weighted by molar-refractivity contribution is 0.318. The number of aryl methyl sites for hydroxylation is 2. The quantitative estimate of drug-likeness (QED) is 0.363. The van der Waals surface area contributed by atoms with Crippen LogP contribution >= 0.6 is 0 Å². The third-order valence-electron chi connectivity index (χ3n) is 2.79. The molecule has 0 spiro atoms. The Balaban J connectivity index is 2.20. The fourth-order valence-electron chi connectivity index (χ4n) is 1.76. The van der Waals surface area contributed by atoms with Crippen LogP contribution in [0.1, 0.15) is 11.1 Å². The van der Waals surface area contributed by atoms with Crippen molar-refractivity contribution < 1.29 is 5.21 Å². The van der Waals surface area contributed by atoms with E-state index in [1.54, 1.807) is 24.7 Å². The Morgan fingerprint density at radius 3 is 2.79 bits per heavy atom. The van der Waals surface area contributed by atoms with E-state index in [9.17, 15) is 4.79 Å². The molecule has 0 unspecified atom stereocenters. The molecular formula is C13H14N4O2. The van der Waals surface area contributed by atoms with E-state index >= 15 is 0 Å². The maximum Gasteiger partial charge on any atom is 0.261 e. The normalized spacial score (nSPS) is 11.5. The van der Waals surface area contributed by atoms with Crippen LogP contribution in [0.2, 0.25) is 0 Å². The zero-order valence-corrected chi connectivity index (χ0v) is 10.2. The van der Waals surface area contributed by atoms with Gasteiger partial charge in [0.2, 0.25) is 0 Å². The van der Waals surface area contributed by atoms with E-state index in [2.05, 4.69) is 10.1 Å². The highest BCUT2D eigenvalue weighted by molar-refractivity contribution is 5.96. The number of nitrogens with zero attached hydrogens (tertiary/aromatic N) is 3. The first kappa shape index (κ1) is 12.8. The summed E-state index contributed by atoms with van der Waals surface area (Å²) in [6, 6.07) is 7.03. The van der Waals surface area contributed by atoms with Gasteiger partial charge in [-0.15, -0.1) is 0 Å². The molecule has 0 saturated heterocycles. The summed E-state index contributed by atoms with van der Waals surface area (Å²) in [5.41, 5.74) is 6.47. The van der Waals surface area contributed by atoms with Gasteiger partial charge < -0.3 is 15.5 Å². The molecule has 0 saturated carbocycles. The zero-order valence-electron chi connectivity index (χ0n) is 10.2. The van der Waals surface area contributed by atoms with E-state index in [4.69, 9.17) is 10.9 Å². The molecule has 0 radical (unpaired) electrons. The van der Waals surface area contributed by atoms with Gasteiger partial charge in [0.25, 0.3) is 5.56 Å². The van der Waals surface area contributed by atoms with Crippen LogP contribution in [-0.2, 0) is 13.0 Å². The Morgan fingerprint density at radius 2 is 2.11 bits per heavy atom. The van der Waals surface area contributed by atoms with E-state index in [1.165, 1.54) is 10.6 Å². The summed E-state index contributed by atoms with van der Waals surface area (Å²) in [5, 5.41) is 11.5. The number of nitrogens with two attached hydrogens (primary N) is 1. The summed E-state index contributed by atoms with van der Waals surface area (Å²) in [6.07, 6.45) is 5.82. The molecule has 2 aromatic rings. The number of hydrogen-bond donors (Lipinski definition) is 2. The highest BCUT2D eigenvalue weighted by Gasteiger charge is 2.07. The third-order valence-corrected chi connectivity index (χ3v) is 2.79. The van der Waals surface area contributed by atoms with Crippen LogP contribution in [0.15, 0.2) is 52.8 Å². The highest BCUT2D eigenvalue weighted by Crippen LogP contribution is 2.00. The summed E-state index contributed by atoms with van der Waals surface area (Å²) in [4.78, 5) is 16.0. The first-order valence-electron chi connectivity index (χ1n) is 5.78. The fourth-order valence-corrected chi connectivity index (χ4v) is 1.76. The second-order valence-corrected chi connectivity index (χ2v) is 4.01. The zero-order chi connectivity index (χ0) is 13.7. The maximum absolute atomic E-state index is 12.1. The van der Waals surface area contributed by atoms with E-state index < -0.39 is 0 Å². The molecule has 0 atom stereocenters. The van der Waals surface area contributed by atoms with Gasteiger partial charge in [0.05, 0.1) is 5.56 Å². The highest BCUT2D eigenvalue weighted by atomic mass is 16.4. The molecule has 2 rings (SSSR count). The molecule has 0 amide bonds. The van der Waals surface area contributed by atoms with Crippen LogP contribution in [0, 0.1) is 0 Å². The molecule has 0 bridgehead atoms. The number of hydrogen-bond acceptors (Lipinski definition) is 4. The van der Waals surface area contributed by atoms with Crippen LogP contribution in [0.4, 0.5) is 0 Å². The predicted octanol–water partition coefficient (Wildman–Crippen LogP) is 0.580. The number of aromatic nitrogens is 2. The minimum atomic E-state index is -0.271. The van der Waals surface area contributed by atoms with Gasteiger partial charge >= 0.3 is 0 Å². The molecule has 2 aromatic heterocycles. The van der Waals surface area contributed by atoms with E-state index in [-0.39, 0.29) is 17.0 Å². The molecule has 0 fully saturated rings. The average molecular weight is 258 g/mol. The molecule has 3 N–H and O–H groups in total. The van der Waals surface area contributed by atoms with Crippen LogP contribution in [0.3, 0.4) is 0 Å². The number of oxime groups is 1. The van der Waals surface area contributed by atoms with Gasteiger partial charge in [-0.2, -0.15) is 0 Å². The first-order chi connectivity index (χ1) is 9.22. The van der Waals surface area contributed by atoms with Crippen LogP contribution in [0.5, 0.6) is 0 Å². The van der Waals surface area contributed by atoms with Crippen molar-refractivity contribution >= 4 is 5.84 Å². The number of pyridine rings is 2. The second kappa shape index (κ2) is 5.81. The standard InChI is InChI=1S/C13H14N4O2/c14-12(16-19)11-2-1-8-17(13(11)18)9-5-10-3-6-15-7-4-10/h1-4,6-8,19H,5,9H2,(H2,14,16). The molecule has 0 aliphatic rings. The van der Waals surface area contributed by atoms with Crippen LogP contribution < -0.4 is 11.3 Å². The Morgan fingerprint density at radius 1 is 1.37 bits per heavy atom. The maximum atomic E-state index is 12.1. The van der Waals surface area contributed by atoms with Crippen molar-refractivity contribution in [2.75, 3.05) is 0 Å². The fraction of sp³-hybridized carbons (Fsp3) is 0.154. The minimum Gasteiger partial charge on any atom is -0.409 e. The first-order valence-corrected chi connectivity index (χ1v) is 5.78. The predicted molar refractivity (Wildman–Crippen MR) is 71.2 cm³/mol. The van der Waals surface area contributed by atoms with Crippen molar-refractivity contribution in [3.05, 3.63) is 64.3 Å². The van der Waals surface area contributed by atoms with Crippen molar-refractivity contribution in [3.63, 3.8) is 0 Å². The lowest BCUT2D eigenvalue weighted by atomic mass is 10.2. The number of rotatable bonds is 4. The lowest BCUT2D eigenvalue weighted by Gasteiger charge is -2.07. The summed E-state index contributed by atoms with van der Waals surface area (Å²) in [7, 11) is 0. The van der Waals surface area contributed by atoms with E-state index in [1.807, 2.05) is 12.1 Å². The van der Waals surface area contributed by atoms with Gasteiger partial charge in [0, 0.05) is 25.1 Å². The summed E-state index contributed by atoms with van der Waals surface area (Å²) < 4.78 is 1.54. The van der Waals surface area contributed by atoms with Crippen LogP contribution in [0.25, 0.3) is 0 Å². The second-order valence-electron chi connectivity index (χ2n) is 4.01. The van der Waals surface area contributed by atoms with Gasteiger partial charge in [0.1, 0.15) is 0 Å². The smallest absolute Gasteiger partial charge is 0.261 e. The van der Waals surface area contributed by atoms with Gasteiger partial charge in [-0.3, -0.25) is 9.78 Å². The Hall–Kier alpha value is -2.63. The molecule has 0 aliphatic carbocycles. The molecule has 2 heterocycles. The SMILES string of the molecule is N/C(=N/O)c1cccn(CCc2ccncc2)c1=O. The third kappa shape index (κ3) is 2.98. The molecule has 98 valence electrons. The molecule has 19 heavy (non-hydrogen) atoms. The minimum absolute atomic E-state index is 0.178. The summed E-state index contributed by atoms with van der Waals surface area (Å²) in [5.74, 6) is -0.178. The molecule has 6 heteroatoms. The topological polar surface area (TPSA) is 93.5 Å². The van der Waals surface area contributed by atoms with Gasteiger partial charge in [0.15, 0.2) is 5.84 Å². The van der Waals surface area contributed by atoms with E-state index in [0.29, 0.717) is 13.0 Å². The van der Waals surface area contributed by atoms with Crippen molar-refractivity contribution in [3.8, 4) is 0 Å². The summed E-state index contributed by atoms with van der Waals surface area (Å²) >= 11 is 0. The molecular weight excluding hydrogens is 244 g/mol. The Kier molecular flexibility index (Phi) is 3.92. The van der Waals surface area contributed by atoms with E-state index in [0.717, 1.165) is 5.56 Å². The largest absolute Gasteiger partial charge is 0.409 e.